The Hall–Kier alpha value is -2.69. The smallest absolute Gasteiger partial charge is 0.282 e. The molecule has 2 aromatic heterocycles. The Bertz CT molecular complexity index is 1070. The molecular formula is C22H26N4O. The molecule has 0 radical (unpaired) electrons. The molecule has 4 rings (SSSR count). The van der Waals surface area contributed by atoms with Crippen LogP contribution >= 0.6 is 0 Å². The molecule has 2 heterocycles. The fourth-order valence-electron chi connectivity index (χ4n) is 4.33. The second-order valence-corrected chi connectivity index (χ2v) is 7.53. The zero-order valence-corrected chi connectivity index (χ0v) is 16.3. The summed E-state index contributed by atoms with van der Waals surface area (Å²) in [6.45, 7) is 6.13. The number of fused-ring (bicyclic) bond motifs is 1. The minimum Gasteiger partial charge on any atom is -0.345 e. The molecule has 5 nitrogen and oxygen atoms in total. The first-order valence-corrected chi connectivity index (χ1v) is 9.77. The number of hydrogen-bond acceptors (Lipinski definition) is 3. The van der Waals surface area contributed by atoms with Gasteiger partial charge in [0.2, 0.25) is 0 Å². The fourth-order valence-corrected chi connectivity index (χ4v) is 4.33. The molecule has 5 heteroatoms. The van der Waals surface area contributed by atoms with Gasteiger partial charge in [-0.15, -0.1) is 0 Å². The zero-order chi connectivity index (χ0) is 19.0. The number of benzene rings is 1. The Balaban J connectivity index is 1.72. The Morgan fingerprint density at radius 1 is 1.11 bits per heavy atom. The summed E-state index contributed by atoms with van der Waals surface area (Å²) in [6, 6.07) is 10.2. The van der Waals surface area contributed by atoms with Gasteiger partial charge in [0.1, 0.15) is 5.82 Å². The van der Waals surface area contributed by atoms with Crippen LogP contribution in [0.1, 0.15) is 60.9 Å². The summed E-state index contributed by atoms with van der Waals surface area (Å²) in [5, 5.41) is 5.08. The largest absolute Gasteiger partial charge is 0.345 e. The van der Waals surface area contributed by atoms with Crippen molar-refractivity contribution in [2.45, 2.75) is 58.9 Å². The molecule has 0 N–H and O–H groups in total. The molecule has 1 fully saturated rings. The average Bonchev–Trinajstić information content (AvgIpc) is 2.96. The Morgan fingerprint density at radius 3 is 2.63 bits per heavy atom. The van der Waals surface area contributed by atoms with E-state index in [1.54, 1.807) is 12.3 Å². The van der Waals surface area contributed by atoms with Crippen molar-refractivity contribution < 1.29 is 0 Å². The predicted molar refractivity (Wildman–Crippen MR) is 110 cm³/mol. The van der Waals surface area contributed by atoms with Gasteiger partial charge in [-0.05, 0) is 51.8 Å². The Kier molecular flexibility index (Phi) is 4.68. The van der Waals surface area contributed by atoms with Crippen LogP contribution in [0.25, 0.3) is 10.9 Å². The van der Waals surface area contributed by atoms with Gasteiger partial charge in [-0.1, -0.05) is 31.4 Å². The number of rotatable bonds is 3. The summed E-state index contributed by atoms with van der Waals surface area (Å²) in [5.74, 6) is 0.594. The van der Waals surface area contributed by atoms with Crippen LogP contribution < -0.4 is 5.56 Å². The molecule has 0 spiro atoms. The first-order chi connectivity index (χ1) is 13.1. The van der Waals surface area contributed by atoms with Crippen molar-refractivity contribution in [3.63, 3.8) is 0 Å². The molecule has 27 heavy (non-hydrogen) atoms. The summed E-state index contributed by atoms with van der Waals surface area (Å²) in [5.41, 5.74) is 4.14. The second kappa shape index (κ2) is 7.14. The van der Waals surface area contributed by atoms with E-state index in [9.17, 15) is 4.79 Å². The molecule has 1 aliphatic carbocycles. The van der Waals surface area contributed by atoms with E-state index in [0.717, 1.165) is 5.56 Å². The molecule has 0 bridgehead atoms. The summed E-state index contributed by atoms with van der Waals surface area (Å²) in [7, 11) is 0. The lowest BCUT2D eigenvalue weighted by Crippen LogP contribution is -2.20. The third-order valence-electron chi connectivity index (χ3n) is 5.69. The number of nitrogens with zero attached hydrogens (tertiary/aromatic N) is 4. The summed E-state index contributed by atoms with van der Waals surface area (Å²) >= 11 is 0. The van der Waals surface area contributed by atoms with Crippen molar-refractivity contribution in [3.8, 4) is 0 Å². The SMILES string of the molecule is Cc1cc(/C=N\n2c(C)nc3ccccc3c2=O)c(C)n1C1CCCCC1. The quantitative estimate of drug-likeness (QED) is 0.644. The van der Waals surface area contributed by atoms with Gasteiger partial charge in [0.05, 0.1) is 17.1 Å². The van der Waals surface area contributed by atoms with E-state index in [2.05, 4.69) is 34.6 Å². The van der Waals surface area contributed by atoms with Gasteiger partial charge < -0.3 is 4.57 Å². The highest BCUT2D eigenvalue weighted by atomic mass is 16.1. The van der Waals surface area contributed by atoms with E-state index >= 15 is 0 Å². The Labute approximate surface area is 159 Å². The van der Waals surface area contributed by atoms with Crippen LogP contribution in [0.15, 0.2) is 40.2 Å². The summed E-state index contributed by atoms with van der Waals surface area (Å²) in [4.78, 5) is 17.3. The van der Waals surface area contributed by atoms with Crippen LogP contribution in [-0.4, -0.2) is 20.4 Å². The maximum atomic E-state index is 12.8. The number of aryl methyl sites for hydroxylation is 2. The third-order valence-corrected chi connectivity index (χ3v) is 5.69. The molecule has 3 aromatic rings. The predicted octanol–water partition coefficient (Wildman–Crippen LogP) is 4.51. The number of aromatic nitrogens is 3. The highest BCUT2D eigenvalue weighted by Gasteiger charge is 2.19. The molecule has 0 saturated heterocycles. The standard InChI is InChI=1S/C22H26N4O/c1-15-13-18(16(2)25(15)19-9-5-4-6-10-19)14-23-26-17(3)24-21-12-8-7-11-20(21)22(26)27/h7-8,11-14,19H,4-6,9-10H2,1-3H3/b23-14-. The number of para-hydroxylation sites is 1. The monoisotopic (exact) mass is 362 g/mol. The van der Waals surface area contributed by atoms with E-state index in [1.165, 1.54) is 48.2 Å². The van der Waals surface area contributed by atoms with Crippen LogP contribution in [-0.2, 0) is 0 Å². The lowest BCUT2D eigenvalue weighted by atomic mass is 9.95. The molecule has 0 unspecified atom stereocenters. The molecule has 140 valence electrons. The van der Waals surface area contributed by atoms with Gasteiger partial charge in [0.15, 0.2) is 0 Å². The van der Waals surface area contributed by atoms with Gasteiger partial charge in [0.25, 0.3) is 5.56 Å². The van der Waals surface area contributed by atoms with Crippen molar-refractivity contribution in [3.05, 3.63) is 63.5 Å². The average molecular weight is 362 g/mol. The van der Waals surface area contributed by atoms with Gasteiger partial charge in [-0.2, -0.15) is 9.78 Å². The van der Waals surface area contributed by atoms with Gasteiger partial charge >= 0.3 is 0 Å². The van der Waals surface area contributed by atoms with Gasteiger partial charge in [-0.25, -0.2) is 4.98 Å². The van der Waals surface area contributed by atoms with Crippen LogP contribution in [0.3, 0.4) is 0 Å². The van der Waals surface area contributed by atoms with Gasteiger partial charge in [-0.3, -0.25) is 4.79 Å². The summed E-state index contributed by atoms with van der Waals surface area (Å²) in [6.07, 6.45) is 8.26. The lowest BCUT2D eigenvalue weighted by molar-refractivity contribution is 0.346. The third kappa shape index (κ3) is 3.22. The van der Waals surface area contributed by atoms with E-state index in [0.29, 0.717) is 22.8 Å². The van der Waals surface area contributed by atoms with Crippen molar-refractivity contribution >= 4 is 17.1 Å². The second-order valence-electron chi connectivity index (χ2n) is 7.53. The molecule has 1 saturated carbocycles. The van der Waals surface area contributed by atoms with E-state index in [1.807, 2.05) is 25.1 Å². The molecule has 1 aromatic carbocycles. The molecule has 0 amide bonds. The zero-order valence-electron chi connectivity index (χ0n) is 16.3. The highest BCUT2D eigenvalue weighted by Crippen LogP contribution is 2.31. The van der Waals surface area contributed by atoms with Crippen molar-refractivity contribution in [2.24, 2.45) is 5.10 Å². The van der Waals surface area contributed by atoms with E-state index in [4.69, 9.17) is 0 Å². The molecular weight excluding hydrogens is 336 g/mol. The normalized spacial score (nSPS) is 15.8. The van der Waals surface area contributed by atoms with Crippen molar-refractivity contribution in [1.82, 2.24) is 14.2 Å². The van der Waals surface area contributed by atoms with Crippen LogP contribution in [0.5, 0.6) is 0 Å². The molecule has 0 aliphatic heterocycles. The fraction of sp³-hybridized carbons (Fsp3) is 0.409. The summed E-state index contributed by atoms with van der Waals surface area (Å²) < 4.78 is 3.85. The highest BCUT2D eigenvalue weighted by molar-refractivity contribution is 5.82. The van der Waals surface area contributed by atoms with Crippen molar-refractivity contribution in [1.29, 1.82) is 0 Å². The van der Waals surface area contributed by atoms with Gasteiger partial charge in [0, 0.05) is 23.0 Å². The van der Waals surface area contributed by atoms with E-state index in [-0.39, 0.29) is 5.56 Å². The first-order valence-electron chi connectivity index (χ1n) is 9.77. The van der Waals surface area contributed by atoms with Crippen molar-refractivity contribution in [2.75, 3.05) is 0 Å². The topological polar surface area (TPSA) is 52.2 Å². The number of hydrogen-bond donors (Lipinski definition) is 0. The molecule has 1 aliphatic rings. The van der Waals surface area contributed by atoms with Crippen LogP contribution in [0.2, 0.25) is 0 Å². The maximum Gasteiger partial charge on any atom is 0.282 e. The van der Waals surface area contributed by atoms with Crippen LogP contribution in [0.4, 0.5) is 0 Å². The lowest BCUT2D eigenvalue weighted by Gasteiger charge is -2.26. The van der Waals surface area contributed by atoms with Crippen LogP contribution in [0, 0.1) is 20.8 Å². The molecule has 0 atom stereocenters. The first kappa shape index (κ1) is 17.7. The minimum atomic E-state index is -0.129. The Morgan fingerprint density at radius 2 is 1.85 bits per heavy atom. The minimum absolute atomic E-state index is 0.129. The maximum absolute atomic E-state index is 12.8. The van der Waals surface area contributed by atoms with E-state index < -0.39 is 0 Å².